The number of hydrogen-bond acceptors (Lipinski definition) is 2. The van der Waals surface area contributed by atoms with Gasteiger partial charge in [-0.05, 0) is 23.6 Å². The van der Waals surface area contributed by atoms with Gasteiger partial charge in [0.25, 0.3) is 0 Å². The summed E-state index contributed by atoms with van der Waals surface area (Å²) in [5.41, 5.74) is 2.66. The number of nitrogens with one attached hydrogen (secondary N) is 2. The molecule has 0 saturated carbocycles. The van der Waals surface area contributed by atoms with Gasteiger partial charge in [0.05, 0.1) is 18.9 Å². The summed E-state index contributed by atoms with van der Waals surface area (Å²) in [5.74, 6) is 0.293. The van der Waals surface area contributed by atoms with Crippen molar-refractivity contribution in [3.63, 3.8) is 0 Å². The third kappa shape index (κ3) is 6.45. The van der Waals surface area contributed by atoms with Gasteiger partial charge in [0.15, 0.2) is 0 Å². The number of nitrogens with zero attached hydrogens (tertiary/aromatic N) is 1. The molecule has 3 N–H and O–H groups in total. The van der Waals surface area contributed by atoms with E-state index in [2.05, 4.69) is 67.1 Å². The topological polar surface area (TPSA) is 43.3 Å². The maximum Gasteiger partial charge on any atom is 0.127 e. The van der Waals surface area contributed by atoms with Crippen LogP contribution >= 0.6 is 0 Å². The highest BCUT2D eigenvalue weighted by Gasteiger charge is 2.22. The van der Waals surface area contributed by atoms with Crippen LogP contribution < -0.4 is 9.80 Å². The normalized spacial score (nSPS) is 17.7. The van der Waals surface area contributed by atoms with Crippen LogP contribution in [0.25, 0.3) is 0 Å². The predicted octanol–water partition coefficient (Wildman–Crippen LogP) is -0.147. The highest BCUT2D eigenvalue weighted by molar-refractivity contribution is 5.17. The van der Waals surface area contributed by atoms with Crippen molar-refractivity contribution in [3.05, 3.63) is 59.9 Å². The predicted molar refractivity (Wildman–Crippen MR) is 112 cm³/mol. The van der Waals surface area contributed by atoms with Gasteiger partial charge in [-0.25, -0.2) is 0 Å². The van der Waals surface area contributed by atoms with E-state index in [1.807, 2.05) is 0 Å². The Bertz CT molecular complexity index is 680. The zero-order valence-electron chi connectivity index (χ0n) is 17.4. The Morgan fingerprint density at radius 1 is 1.11 bits per heavy atom. The molecule has 0 aliphatic carbocycles. The summed E-state index contributed by atoms with van der Waals surface area (Å²) in [7, 11) is 0. The standard InChI is InChI=1S/C23H35N3O2/c1-20(2)23(27)19-25(12-11-24-13-15-28-16-14-24)18-22-9-6-10-26(22)17-21-7-4-3-5-8-21/h3-10,20,23,27H,11-19H2,1-2H3/p+2/t23-/m1/s1. The van der Waals surface area contributed by atoms with Gasteiger partial charge in [-0.1, -0.05) is 44.2 Å². The quantitative estimate of drug-likeness (QED) is 0.531. The fourth-order valence-electron chi connectivity index (χ4n) is 3.86. The smallest absolute Gasteiger partial charge is 0.127 e. The van der Waals surface area contributed by atoms with Gasteiger partial charge >= 0.3 is 0 Å². The van der Waals surface area contributed by atoms with Crippen molar-refractivity contribution in [2.75, 3.05) is 45.9 Å². The first-order valence-electron chi connectivity index (χ1n) is 10.7. The van der Waals surface area contributed by atoms with E-state index in [0.29, 0.717) is 5.92 Å². The molecule has 154 valence electrons. The van der Waals surface area contributed by atoms with Gasteiger partial charge in [-0.2, -0.15) is 0 Å². The number of ether oxygens (including phenoxy) is 1. The molecule has 5 heteroatoms. The molecule has 5 nitrogen and oxygen atoms in total. The number of rotatable bonds is 10. The first-order chi connectivity index (χ1) is 13.6. The Labute approximate surface area is 169 Å². The van der Waals surface area contributed by atoms with Crippen LogP contribution in [0.1, 0.15) is 25.1 Å². The molecule has 28 heavy (non-hydrogen) atoms. The number of benzene rings is 1. The fourth-order valence-corrected chi connectivity index (χ4v) is 3.86. The molecule has 1 aliphatic heterocycles. The van der Waals surface area contributed by atoms with Crippen molar-refractivity contribution < 1.29 is 19.6 Å². The van der Waals surface area contributed by atoms with Crippen molar-refractivity contribution in [1.29, 1.82) is 0 Å². The van der Waals surface area contributed by atoms with Crippen LogP contribution in [0, 0.1) is 5.92 Å². The molecular weight excluding hydrogens is 350 g/mol. The summed E-state index contributed by atoms with van der Waals surface area (Å²) in [4.78, 5) is 3.09. The summed E-state index contributed by atoms with van der Waals surface area (Å²) < 4.78 is 7.84. The Hall–Kier alpha value is -1.66. The Balaban J connectivity index is 1.63. The van der Waals surface area contributed by atoms with E-state index < -0.39 is 0 Å². The number of aromatic nitrogens is 1. The molecule has 2 atom stereocenters. The minimum absolute atomic E-state index is 0.257. The number of aliphatic hydroxyl groups is 1. The first-order valence-corrected chi connectivity index (χ1v) is 10.7. The Kier molecular flexibility index (Phi) is 8.10. The summed E-state index contributed by atoms with van der Waals surface area (Å²) in [5, 5.41) is 10.5. The summed E-state index contributed by atoms with van der Waals surface area (Å²) in [6.07, 6.45) is 1.92. The van der Waals surface area contributed by atoms with E-state index in [4.69, 9.17) is 4.74 Å². The first kappa shape index (κ1) is 21.1. The van der Waals surface area contributed by atoms with Crippen LogP contribution in [0.2, 0.25) is 0 Å². The lowest BCUT2D eigenvalue weighted by Gasteiger charge is -2.28. The molecule has 0 amide bonds. The Morgan fingerprint density at radius 3 is 2.57 bits per heavy atom. The van der Waals surface area contributed by atoms with Gasteiger partial charge in [0.1, 0.15) is 45.4 Å². The molecule has 3 rings (SSSR count). The van der Waals surface area contributed by atoms with Crippen molar-refractivity contribution in [1.82, 2.24) is 4.57 Å². The summed E-state index contributed by atoms with van der Waals surface area (Å²) in [6, 6.07) is 15.0. The van der Waals surface area contributed by atoms with Gasteiger partial charge in [0, 0.05) is 12.7 Å². The van der Waals surface area contributed by atoms with Gasteiger partial charge < -0.3 is 24.2 Å². The van der Waals surface area contributed by atoms with Crippen LogP contribution in [0.4, 0.5) is 0 Å². The van der Waals surface area contributed by atoms with Gasteiger partial charge in [0.2, 0.25) is 0 Å². The number of hydrogen-bond donors (Lipinski definition) is 3. The van der Waals surface area contributed by atoms with Gasteiger partial charge in [-0.3, -0.25) is 0 Å². The van der Waals surface area contributed by atoms with E-state index in [0.717, 1.165) is 59.0 Å². The maximum absolute atomic E-state index is 10.5. The minimum Gasteiger partial charge on any atom is -0.387 e. The maximum atomic E-state index is 10.5. The van der Waals surface area contributed by atoms with E-state index >= 15 is 0 Å². The minimum atomic E-state index is -0.257. The molecule has 1 aromatic heterocycles. The monoisotopic (exact) mass is 387 g/mol. The molecular formula is C23H37N3O2+2. The molecule has 2 aromatic rings. The van der Waals surface area contributed by atoms with Crippen LogP contribution in [-0.4, -0.2) is 61.7 Å². The lowest BCUT2D eigenvalue weighted by Crippen LogP contribution is -3.21. The van der Waals surface area contributed by atoms with Crippen molar-refractivity contribution >= 4 is 0 Å². The zero-order valence-corrected chi connectivity index (χ0v) is 17.4. The van der Waals surface area contributed by atoms with Crippen LogP contribution in [-0.2, 0) is 17.8 Å². The molecule has 1 aliphatic rings. The lowest BCUT2D eigenvalue weighted by molar-refractivity contribution is -0.969. The fraction of sp³-hybridized carbons (Fsp3) is 0.565. The average Bonchev–Trinajstić information content (AvgIpc) is 3.14. The average molecular weight is 388 g/mol. The third-order valence-corrected chi connectivity index (χ3v) is 5.85. The van der Waals surface area contributed by atoms with Crippen LogP contribution in [0.15, 0.2) is 48.7 Å². The molecule has 0 radical (unpaired) electrons. The lowest BCUT2D eigenvalue weighted by atomic mass is 10.1. The molecule has 1 saturated heterocycles. The van der Waals surface area contributed by atoms with Crippen molar-refractivity contribution in [2.45, 2.75) is 33.0 Å². The van der Waals surface area contributed by atoms with Crippen molar-refractivity contribution in [2.24, 2.45) is 5.92 Å². The van der Waals surface area contributed by atoms with Crippen LogP contribution in [0.3, 0.4) is 0 Å². The van der Waals surface area contributed by atoms with E-state index in [9.17, 15) is 5.11 Å². The Morgan fingerprint density at radius 2 is 1.86 bits per heavy atom. The summed E-state index contributed by atoms with van der Waals surface area (Å²) in [6.45, 7) is 13.0. The highest BCUT2D eigenvalue weighted by Crippen LogP contribution is 2.07. The number of quaternary nitrogens is 2. The second kappa shape index (κ2) is 10.8. The highest BCUT2D eigenvalue weighted by atomic mass is 16.5. The van der Waals surface area contributed by atoms with E-state index in [1.165, 1.54) is 16.2 Å². The van der Waals surface area contributed by atoms with E-state index in [1.54, 1.807) is 4.90 Å². The molecule has 2 heterocycles. The second-order valence-electron chi connectivity index (χ2n) is 8.42. The number of aliphatic hydroxyl groups excluding tert-OH is 1. The zero-order chi connectivity index (χ0) is 19.8. The van der Waals surface area contributed by atoms with Crippen molar-refractivity contribution in [3.8, 4) is 0 Å². The second-order valence-corrected chi connectivity index (χ2v) is 8.42. The molecule has 1 aromatic carbocycles. The summed E-state index contributed by atoms with van der Waals surface area (Å²) >= 11 is 0. The number of morpholine rings is 1. The molecule has 1 unspecified atom stereocenters. The largest absolute Gasteiger partial charge is 0.387 e. The molecule has 0 bridgehead atoms. The van der Waals surface area contributed by atoms with Gasteiger partial charge in [-0.15, -0.1) is 0 Å². The third-order valence-electron chi connectivity index (χ3n) is 5.85. The SMILES string of the molecule is CC(C)[C@H](O)C[NH+](CC[NH+]1CCOCC1)Cc1cccn1Cc1ccccc1. The molecule has 1 fully saturated rings. The van der Waals surface area contributed by atoms with Crippen LogP contribution in [0.5, 0.6) is 0 Å². The van der Waals surface area contributed by atoms with E-state index in [-0.39, 0.29) is 6.10 Å². The molecule has 0 spiro atoms.